The third-order valence-corrected chi connectivity index (χ3v) is 4.80. The molecule has 154 valence electrons. The predicted molar refractivity (Wildman–Crippen MR) is 107 cm³/mol. The van der Waals surface area contributed by atoms with Gasteiger partial charge in [0.1, 0.15) is 5.82 Å². The summed E-state index contributed by atoms with van der Waals surface area (Å²) in [5.74, 6) is 1.83. The van der Waals surface area contributed by atoms with Gasteiger partial charge in [-0.05, 0) is 36.2 Å². The third kappa shape index (κ3) is 5.13. The van der Waals surface area contributed by atoms with E-state index in [2.05, 4.69) is 15.5 Å². The average Bonchev–Trinajstić information content (AvgIpc) is 2.79. The molecular weight excluding hydrogens is 374 g/mol. The predicted octanol–water partition coefficient (Wildman–Crippen LogP) is 1.06. The van der Waals surface area contributed by atoms with E-state index in [1.165, 1.54) is 0 Å². The number of rotatable bonds is 8. The topological polar surface area (TPSA) is 96.9 Å². The van der Waals surface area contributed by atoms with Crippen LogP contribution in [-0.2, 0) is 11.2 Å². The maximum absolute atomic E-state index is 12.5. The summed E-state index contributed by atoms with van der Waals surface area (Å²) < 4.78 is 10.6. The highest BCUT2D eigenvalue weighted by Crippen LogP contribution is 2.27. The standard InChI is InChI=1S/C20H25N5O4/c1-28-17-5-3-15(13-18(17)29-2)7-8-21-19-6-4-16(22-23-19)20(27)25-11-9-24(14-26)10-12-25/h3-6,13-14H,7-12H2,1-2H3,(H,21,23). The van der Waals surface area contributed by atoms with E-state index in [-0.39, 0.29) is 5.91 Å². The highest BCUT2D eigenvalue weighted by Gasteiger charge is 2.22. The van der Waals surface area contributed by atoms with Gasteiger partial charge in [-0.2, -0.15) is 0 Å². The third-order valence-electron chi connectivity index (χ3n) is 4.80. The summed E-state index contributed by atoms with van der Waals surface area (Å²) in [7, 11) is 3.22. The molecule has 1 aliphatic heterocycles. The Morgan fingerprint density at radius 3 is 2.45 bits per heavy atom. The monoisotopic (exact) mass is 399 g/mol. The van der Waals surface area contributed by atoms with Crippen molar-refractivity contribution in [1.82, 2.24) is 20.0 Å². The molecule has 0 saturated carbocycles. The molecule has 0 spiro atoms. The molecule has 1 saturated heterocycles. The van der Waals surface area contributed by atoms with Crippen molar-refractivity contribution in [2.45, 2.75) is 6.42 Å². The molecule has 2 aromatic rings. The van der Waals surface area contributed by atoms with Crippen LogP contribution < -0.4 is 14.8 Å². The van der Waals surface area contributed by atoms with Gasteiger partial charge in [0.05, 0.1) is 14.2 Å². The van der Waals surface area contributed by atoms with Crippen molar-refractivity contribution in [2.24, 2.45) is 0 Å². The molecule has 1 aromatic carbocycles. The number of carbonyl (C=O) groups excluding carboxylic acids is 2. The highest BCUT2D eigenvalue weighted by atomic mass is 16.5. The Balaban J connectivity index is 1.50. The summed E-state index contributed by atoms with van der Waals surface area (Å²) in [6.07, 6.45) is 1.58. The highest BCUT2D eigenvalue weighted by molar-refractivity contribution is 5.92. The summed E-state index contributed by atoms with van der Waals surface area (Å²) in [4.78, 5) is 26.6. The number of methoxy groups -OCH3 is 2. The van der Waals surface area contributed by atoms with Crippen LogP contribution in [-0.4, -0.2) is 79.3 Å². The fraction of sp³-hybridized carbons (Fsp3) is 0.400. The van der Waals surface area contributed by atoms with E-state index in [0.29, 0.717) is 55.7 Å². The number of hydrogen-bond donors (Lipinski definition) is 1. The van der Waals surface area contributed by atoms with Crippen molar-refractivity contribution in [2.75, 3.05) is 52.3 Å². The fourth-order valence-electron chi connectivity index (χ4n) is 3.10. The van der Waals surface area contributed by atoms with Crippen molar-refractivity contribution >= 4 is 18.1 Å². The number of carbonyl (C=O) groups is 2. The molecule has 2 heterocycles. The number of nitrogens with zero attached hydrogens (tertiary/aromatic N) is 4. The number of amides is 2. The number of aromatic nitrogens is 2. The van der Waals surface area contributed by atoms with E-state index in [1.54, 1.807) is 36.2 Å². The lowest BCUT2D eigenvalue weighted by atomic mass is 10.1. The van der Waals surface area contributed by atoms with Crippen LogP contribution in [0.2, 0.25) is 0 Å². The van der Waals surface area contributed by atoms with E-state index >= 15 is 0 Å². The molecule has 9 nitrogen and oxygen atoms in total. The summed E-state index contributed by atoms with van der Waals surface area (Å²) in [5, 5.41) is 11.3. The van der Waals surface area contributed by atoms with Gasteiger partial charge in [0.2, 0.25) is 6.41 Å². The maximum atomic E-state index is 12.5. The molecule has 29 heavy (non-hydrogen) atoms. The summed E-state index contributed by atoms with van der Waals surface area (Å²) in [6.45, 7) is 2.75. The van der Waals surface area contributed by atoms with Crippen LogP contribution in [0.1, 0.15) is 16.1 Å². The Morgan fingerprint density at radius 1 is 1.07 bits per heavy atom. The Kier molecular flexibility index (Phi) is 6.83. The van der Waals surface area contributed by atoms with Crippen LogP contribution in [0.3, 0.4) is 0 Å². The van der Waals surface area contributed by atoms with Crippen LogP contribution in [0.4, 0.5) is 5.82 Å². The van der Waals surface area contributed by atoms with E-state index in [1.807, 2.05) is 18.2 Å². The first-order valence-corrected chi connectivity index (χ1v) is 9.41. The lowest BCUT2D eigenvalue weighted by Gasteiger charge is -2.32. The fourth-order valence-corrected chi connectivity index (χ4v) is 3.10. The van der Waals surface area contributed by atoms with Gasteiger partial charge in [0.25, 0.3) is 5.91 Å². The van der Waals surface area contributed by atoms with Crippen molar-refractivity contribution in [3.8, 4) is 11.5 Å². The minimum Gasteiger partial charge on any atom is -0.493 e. The van der Waals surface area contributed by atoms with Gasteiger partial charge in [-0.15, -0.1) is 10.2 Å². The SMILES string of the molecule is COc1ccc(CCNc2ccc(C(=O)N3CCN(C=O)CC3)nn2)cc1OC. The molecule has 0 bridgehead atoms. The maximum Gasteiger partial charge on any atom is 0.274 e. The lowest BCUT2D eigenvalue weighted by Crippen LogP contribution is -2.48. The normalized spacial score (nSPS) is 13.7. The molecule has 1 aromatic heterocycles. The first kappa shape index (κ1) is 20.4. The van der Waals surface area contributed by atoms with Crippen LogP contribution in [0.25, 0.3) is 0 Å². The van der Waals surface area contributed by atoms with E-state index < -0.39 is 0 Å². The molecule has 1 N–H and O–H groups in total. The second-order valence-corrected chi connectivity index (χ2v) is 6.60. The number of anilines is 1. The van der Waals surface area contributed by atoms with Crippen molar-refractivity contribution < 1.29 is 19.1 Å². The van der Waals surface area contributed by atoms with Crippen LogP contribution in [0.5, 0.6) is 11.5 Å². The zero-order valence-electron chi connectivity index (χ0n) is 16.6. The van der Waals surface area contributed by atoms with Gasteiger partial charge in [0, 0.05) is 32.7 Å². The average molecular weight is 399 g/mol. The van der Waals surface area contributed by atoms with Crippen molar-refractivity contribution in [3.63, 3.8) is 0 Å². The summed E-state index contributed by atoms with van der Waals surface area (Å²) in [6, 6.07) is 9.22. The Labute approximate surface area is 169 Å². The number of piperazine rings is 1. The lowest BCUT2D eigenvalue weighted by molar-refractivity contribution is -0.119. The Hall–Kier alpha value is -3.36. The van der Waals surface area contributed by atoms with Crippen molar-refractivity contribution in [1.29, 1.82) is 0 Å². The van der Waals surface area contributed by atoms with Crippen molar-refractivity contribution in [3.05, 3.63) is 41.6 Å². The van der Waals surface area contributed by atoms with Crippen LogP contribution in [0, 0.1) is 0 Å². The number of benzene rings is 1. The second kappa shape index (κ2) is 9.72. The van der Waals surface area contributed by atoms with Gasteiger partial charge in [-0.25, -0.2) is 0 Å². The van der Waals surface area contributed by atoms with Gasteiger partial charge >= 0.3 is 0 Å². The Bertz CT molecular complexity index is 835. The quantitative estimate of drug-likeness (QED) is 0.663. The van der Waals surface area contributed by atoms with E-state index in [9.17, 15) is 9.59 Å². The van der Waals surface area contributed by atoms with E-state index in [0.717, 1.165) is 18.4 Å². The molecule has 0 unspecified atom stereocenters. The minimum atomic E-state index is -0.167. The molecule has 0 aliphatic carbocycles. The first-order chi connectivity index (χ1) is 14.1. The zero-order chi connectivity index (χ0) is 20.6. The number of hydrogen-bond acceptors (Lipinski definition) is 7. The second-order valence-electron chi connectivity index (χ2n) is 6.60. The molecule has 1 fully saturated rings. The largest absolute Gasteiger partial charge is 0.493 e. The van der Waals surface area contributed by atoms with Crippen LogP contribution in [0.15, 0.2) is 30.3 Å². The molecule has 0 radical (unpaired) electrons. The minimum absolute atomic E-state index is 0.167. The molecule has 2 amide bonds. The first-order valence-electron chi connectivity index (χ1n) is 9.41. The molecule has 9 heteroatoms. The summed E-state index contributed by atoms with van der Waals surface area (Å²) >= 11 is 0. The van der Waals surface area contributed by atoms with E-state index in [4.69, 9.17) is 9.47 Å². The zero-order valence-corrected chi connectivity index (χ0v) is 16.6. The molecular formula is C20H25N5O4. The summed E-state index contributed by atoms with van der Waals surface area (Å²) in [5.41, 5.74) is 1.40. The Morgan fingerprint density at radius 2 is 1.83 bits per heavy atom. The molecule has 1 aliphatic rings. The van der Waals surface area contributed by atoms with Crippen LogP contribution >= 0.6 is 0 Å². The van der Waals surface area contributed by atoms with Gasteiger partial charge in [-0.1, -0.05) is 6.07 Å². The van der Waals surface area contributed by atoms with Gasteiger partial charge in [0.15, 0.2) is 17.2 Å². The number of nitrogens with one attached hydrogen (secondary N) is 1. The number of ether oxygens (including phenoxy) is 2. The smallest absolute Gasteiger partial charge is 0.274 e. The molecule has 0 atom stereocenters. The molecule has 3 rings (SSSR count). The van der Waals surface area contributed by atoms with Gasteiger partial charge in [-0.3, -0.25) is 9.59 Å². The van der Waals surface area contributed by atoms with Gasteiger partial charge < -0.3 is 24.6 Å².